The van der Waals surface area contributed by atoms with E-state index in [0.717, 1.165) is 29.9 Å². The van der Waals surface area contributed by atoms with E-state index in [1.54, 1.807) is 7.11 Å². The minimum Gasteiger partial charge on any atom is -0.496 e. The second-order valence-corrected chi connectivity index (χ2v) is 5.41. The Balaban J connectivity index is 1.62. The third-order valence-electron chi connectivity index (χ3n) is 4.11. The zero-order valence-corrected chi connectivity index (χ0v) is 12.0. The van der Waals surface area contributed by atoms with Gasteiger partial charge in [-0.25, -0.2) is 0 Å². The van der Waals surface area contributed by atoms with E-state index in [0.29, 0.717) is 0 Å². The lowest BCUT2D eigenvalue weighted by atomic mass is 10.1. The standard InChI is InChI=1S/C18H17NO2/c1-20-18-8-4-6-16-15(18)9-10-19(16)12-14-11-13-5-2-3-7-17(13)21-14/h2-10,14H,11-12H2,1H3. The van der Waals surface area contributed by atoms with Crippen molar-refractivity contribution in [3.63, 3.8) is 0 Å². The lowest BCUT2D eigenvalue weighted by Gasteiger charge is -2.13. The van der Waals surface area contributed by atoms with Gasteiger partial charge in [-0.15, -0.1) is 0 Å². The molecule has 0 N–H and O–H groups in total. The smallest absolute Gasteiger partial charge is 0.128 e. The lowest BCUT2D eigenvalue weighted by Crippen LogP contribution is -2.20. The summed E-state index contributed by atoms with van der Waals surface area (Å²) < 4.78 is 13.7. The van der Waals surface area contributed by atoms with Crippen LogP contribution in [0.2, 0.25) is 0 Å². The number of benzene rings is 2. The summed E-state index contributed by atoms with van der Waals surface area (Å²) in [5.74, 6) is 1.94. The van der Waals surface area contributed by atoms with Crippen molar-refractivity contribution < 1.29 is 9.47 Å². The van der Waals surface area contributed by atoms with Gasteiger partial charge in [0.05, 0.1) is 19.2 Å². The number of rotatable bonds is 3. The van der Waals surface area contributed by atoms with Gasteiger partial charge in [-0.3, -0.25) is 0 Å². The molecule has 0 saturated carbocycles. The maximum atomic E-state index is 6.03. The topological polar surface area (TPSA) is 23.4 Å². The average Bonchev–Trinajstić information content (AvgIpc) is 3.11. The van der Waals surface area contributed by atoms with Crippen LogP contribution in [0.15, 0.2) is 54.7 Å². The summed E-state index contributed by atoms with van der Waals surface area (Å²) in [6, 6.07) is 16.5. The Bertz CT molecular complexity index is 766. The summed E-state index contributed by atoms with van der Waals surface area (Å²) in [6.45, 7) is 0.853. The Morgan fingerprint density at radius 1 is 1.14 bits per heavy atom. The highest BCUT2D eigenvalue weighted by atomic mass is 16.5. The van der Waals surface area contributed by atoms with Gasteiger partial charge in [0.2, 0.25) is 0 Å². The zero-order chi connectivity index (χ0) is 14.2. The van der Waals surface area contributed by atoms with Crippen molar-refractivity contribution in [2.45, 2.75) is 19.1 Å². The molecule has 3 nitrogen and oxygen atoms in total. The molecule has 0 aliphatic carbocycles. The highest BCUT2D eigenvalue weighted by molar-refractivity contribution is 5.86. The van der Waals surface area contributed by atoms with Crippen molar-refractivity contribution in [1.29, 1.82) is 0 Å². The van der Waals surface area contributed by atoms with Gasteiger partial charge in [-0.1, -0.05) is 24.3 Å². The molecule has 0 amide bonds. The van der Waals surface area contributed by atoms with E-state index in [1.807, 2.05) is 24.3 Å². The molecule has 0 fully saturated rings. The number of aromatic nitrogens is 1. The van der Waals surface area contributed by atoms with E-state index in [4.69, 9.17) is 9.47 Å². The SMILES string of the molecule is COc1cccc2c1ccn2CC1Cc2ccccc2O1. The first-order valence-electron chi connectivity index (χ1n) is 7.21. The number of nitrogens with zero attached hydrogens (tertiary/aromatic N) is 1. The van der Waals surface area contributed by atoms with Crippen molar-refractivity contribution in [2.75, 3.05) is 7.11 Å². The van der Waals surface area contributed by atoms with Gasteiger partial charge in [0.25, 0.3) is 0 Å². The minimum absolute atomic E-state index is 0.198. The molecule has 0 radical (unpaired) electrons. The summed E-state index contributed by atoms with van der Waals surface area (Å²) in [7, 11) is 1.71. The van der Waals surface area contributed by atoms with Crippen molar-refractivity contribution in [1.82, 2.24) is 4.57 Å². The highest BCUT2D eigenvalue weighted by Gasteiger charge is 2.23. The number of fused-ring (bicyclic) bond motifs is 2. The van der Waals surface area contributed by atoms with Crippen molar-refractivity contribution in [2.24, 2.45) is 0 Å². The quantitative estimate of drug-likeness (QED) is 0.730. The van der Waals surface area contributed by atoms with E-state index in [1.165, 1.54) is 11.1 Å². The van der Waals surface area contributed by atoms with Gasteiger partial charge in [0.1, 0.15) is 17.6 Å². The van der Waals surface area contributed by atoms with Gasteiger partial charge in [0, 0.05) is 18.0 Å². The molecule has 0 saturated heterocycles. The maximum Gasteiger partial charge on any atom is 0.128 e. The van der Waals surface area contributed by atoms with E-state index in [9.17, 15) is 0 Å². The molecule has 0 spiro atoms. The molecule has 1 atom stereocenters. The number of para-hydroxylation sites is 1. The predicted octanol–water partition coefficient (Wildman–Crippen LogP) is 3.65. The van der Waals surface area contributed by atoms with Crippen molar-refractivity contribution in [3.05, 3.63) is 60.3 Å². The molecular weight excluding hydrogens is 262 g/mol. The summed E-state index contributed by atoms with van der Waals surface area (Å²) in [4.78, 5) is 0. The number of hydrogen-bond acceptors (Lipinski definition) is 2. The minimum atomic E-state index is 0.198. The van der Waals surface area contributed by atoms with Gasteiger partial charge in [-0.2, -0.15) is 0 Å². The van der Waals surface area contributed by atoms with E-state index in [-0.39, 0.29) is 6.10 Å². The van der Waals surface area contributed by atoms with Gasteiger partial charge in [0.15, 0.2) is 0 Å². The molecule has 3 heteroatoms. The highest BCUT2D eigenvalue weighted by Crippen LogP contribution is 2.31. The Morgan fingerprint density at radius 2 is 2.05 bits per heavy atom. The molecule has 1 aromatic heterocycles. The fourth-order valence-electron chi connectivity index (χ4n) is 3.11. The van der Waals surface area contributed by atoms with Crippen LogP contribution in [0, 0.1) is 0 Å². The van der Waals surface area contributed by atoms with Crippen LogP contribution in [0.4, 0.5) is 0 Å². The molecule has 2 heterocycles. The van der Waals surface area contributed by atoms with E-state index in [2.05, 4.69) is 35.0 Å². The van der Waals surface area contributed by atoms with Crippen LogP contribution < -0.4 is 9.47 Å². The molecule has 1 aliphatic rings. The summed E-state index contributed by atoms with van der Waals surface area (Å²) >= 11 is 0. The molecule has 3 aromatic rings. The number of hydrogen-bond donors (Lipinski definition) is 0. The predicted molar refractivity (Wildman–Crippen MR) is 83.1 cm³/mol. The fourth-order valence-corrected chi connectivity index (χ4v) is 3.11. The first-order valence-corrected chi connectivity index (χ1v) is 7.21. The van der Waals surface area contributed by atoms with E-state index < -0.39 is 0 Å². The second-order valence-electron chi connectivity index (χ2n) is 5.41. The molecular formula is C18H17NO2. The number of ether oxygens (including phenoxy) is 2. The van der Waals surface area contributed by atoms with Crippen LogP contribution in [0.25, 0.3) is 10.9 Å². The molecule has 1 unspecified atom stereocenters. The molecule has 0 bridgehead atoms. The normalized spacial score (nSPS) is 16.7. The van der Waals surface area contributed by atoms with Crippen LogP contribution in [-0.4, -0.2) is 17.8 Å². The van der Waals surface area contributed by atoms with Crippen LogP contribution in [0.3, 0.4) is 0 Å². The Labute approximate surface area is 123 Å². The zero-order valence-electron chi connectivity index (χ0n) is 12.0. The monoisotopic (exact) mass is 279 g/mol. The third-order valence-corrected chi connectivity index (χ3v) is 4.11. The average molecular weight is 279 g/mol. The summed E-state index contributed by atoms with van der Waals surface area (Å²) in [5.41, 5.74) is 2.49. The Morgan fingerprint density at radius 3 is 2.90 bits per heavy atom. The Hall–Kier alpha value is -2.42. The van der Waals surface area contributed by atoms with Crippen LogP contribution in [0.1, 0.15) is 5.56 Å². The molecule has 2 aromatic carbocycles. The lowest BCUT2D eigenvalue weighted by molar-refractivity contribution is 0.211. The third kappa shape index (κ3) is 2.05. The molecule has 21 heavy (non-hydrogen) atoms. The molecule has 1 aliphatic heterocycles. The first kappa shape index (κ1) is 12.3. The molecule has 4 rings (SSSR count). The first-order chi connectivity index (χ1) is 10.3. The summed E-state index contributed by atoms with van der Waals surface area (Å²) in [6.07, 6.45) is 3.28. The van der Waals surface area contributed by atoms with E-state index >= 15 is 0 Å². The Kier molecular flexibility index (Phi) is 2.85. The van der Waals surface area contributed by atoms with Crippen molar-refractivity contribution in [3.8, 4) is 11.5 Å². The van der Waals surface area contributed by atoms with Crippen LogP contribution in [-0.2, 0) is 13.0 Å². The van der Waals surface area contributed by atoms with Gasteiger partial charge in [-0.05, 0) is 29.8 Å². The van der Waals surface area contributed by atoms with Gasteiger partial charge >= 0.3 is 0 Å². The maximum absolute atomic E-state index is 6.03. The largest absolute Gasteiger partial charge is 0.496 e. The van der Waals surface area contributed by atoms with Crippen LogP contribution in [0.5, 0.6) is 11.5 Å². The van der Waals surface area contributed by atoms with Crippen molar-refractivity contribution >= 4 is 10.9 Å². The van der Waals surface area contributed by atoms with Gasteiger partial charge < -0.3 is 14.0 Å². The van der Waals surface area contributed by atoms with Crippen LogP contribution >= 0.6 is 0 Å². The fraction of sp³-hybridized carbons (Fsp3) is 0.222. The second kappa shape index (κ2) is 4.85. The summed E-state index contributed by atoms with van der Waals surface area (Å²) in [5, 5.41) is 1.15. The number of methoxy groups -OCH3 is 1. The molecule has 106 valence electrons.